The van der Waals surface area contributed by atoms with Crippen LogP contribution < -0.4 is 5.32 Å². The largest absolute Gasteiger partial charge is 0.307 e. The van der Waals surface area contributed by atoms with E-state index in [1.807, 2.05) is 6.92 Å². The van der Waals surface area contributed by atoms with Gasteiger partial charge in [0.25, 0.3) is 0 Å². The quantitative estimate of drug-likeness (QED) is 0.861. The van der Waals surface area contributed by atoms with Crippen molar-refractivity contribution in [2.75, 3.05) is 0 Å². The van der Waals surface area contributed by atoms with Gasteiger partial charge in [0.1, 0.15) is 11.6 Å². The van der Waals surface area contributed by atoms with Gasteiger partial charge in [0.05, 0.1) is 0 Å². The van der Waals surface area contributed by atoms with E-state index in [0.717, 1.165) is 11.8 Å². The fraction of sp³-hybridized carbons (Fsp3) is 0.600. The topological polar surface area (TPSA) is 12.0 Å². The third-order valence-electron chi connectivity index (χ3n) is 4.63. The predicted octanol–water partition coefficient (Wildman–Crippen LogP) is 3.80. The van der Waals surface area contributed by atoms with Crippen LogP contribution in [-0.2, 0) is 0 Å². The first-order valence-electron chi connectivity index (χ1n) is 6.84. The van der Waals surface area contributed by atoms with E-state index < -0.39 is 0 Å². The zero-order chi connectivity index (χ0) is 12.7. The second-order valence-corrected chi connectivity index (χ2v) is 5.84. The molecule has 3 heteroatoms. The summed E-state index contributed by atoms with van der Waals surface area (Å²) in [6.45, 7) is 1.92. The Kier molecular flexibility index (Phi) is 3.10. The molecule has 2 aliphatic carbocycles. The van der Waals surface area contributed by atoms with Crippen LogP contribution >= 0.6 is 0 Å². The minimum atomic E-state index is -0.368. The Morgan fingerprint density at radius 1 is 1.22 bits per heavy atom. The van der Waals surface area contributed by atoms with Crippen LogP contribution in [0.15, 0.2) is 18.2 Å². The van der Waals surface area contributed by atoms with Crippen molar-refractivity contribution < 1.29 is 8.78 Å². The lowest BCUT2D eigenvalue weighted by Gasteiger charge is -2.27. The Balaban J connectivity index is 1.71. The van der Waals surface area contributed by atoms with E-state index in [1.165, 1.54) is 43.9 Å². The summed E-state index contributed by atoms with van der Waals surface area (Å²) >= 11 is 0. The highest BCUT2D eigenvalue weighted by molar-refractivity contribution is 5.22. The van der Waals surface area contributed by atoms with E-state index in [9.17, 15) is 8.78 Å². The molecule has 18 heavy (non-hydrogen) atoms. The maximum Gasteiger partial charge on any atom is 0.128 e. The van der Waals surface area contributed by atoms with Crippen molar-refractivity contribution in [3.8, 4) is 0 Å². The first-order chi connectivity index (χ1) is 8.63. The van der Waals surface area contributed by atoms with Crippen molar-refractivity contribution in [1.29, 1.82) is 0 Å². The standard InChI is InChI=1S/C15H19F2N/c1-9(13-8-12(16)4-5-14(13)17)18-15-7-10-2-3-11(15)6-10/h4-5,8-11,15,18H,2-3,6-7H2,1H3. The summed E-state index contributed by atoms with van der Waals surface area (Å²) in [7, 11) is 0. The summed E-state index contributed by atoms with van der Waals surface area (Å²) in [5.74, 6) is 0.915. The molecule has 0 aliphatic heterocycles. The molecule has 0 radical (unpaired) electrons. The first-order valence-corrected chi connectivity index (χ1v) is 6.84. The van der Waals surface area contributed by atoms with E-state index in [0.29, 0.717) is 11.6 Å². The Morgan fingerprint density at radius 3 is 2.72 bits per heavy atom. The molecular formula is C15H19F2N. The van der Waals surface area contributed by atoms with Crippen molar-refractivity contribution >= 4 is 0 Å². The second-order valence-electron chi connectivity index (χ2n) is 5.84. The summed E-state index contributed by atoms with van der Waals surface area (Å²) < 4.78 is 26.9. The number of hydrogen-bond donors (Lipinski definition) is 1. The maximum absolute atomic E-state index is 13.7. The molecule has 98 valence electrons. The van der Waals surface area contributed by atoms with Crippen LogP contribution in [0, 0.1) is 23.5 Å². The smallest absolute Gasteiger partial charge is 0.128 e. The van der Waals surface area contributed by atoms with Crippen molar-refractivity contribution in [2.24, 2.45) is 11.8 Å². The number of rotatable bonds is 3. The second kappa shape index (κ2) is 4.61. The Bertz CT molecular complexity index is 446. The van der Waals surface area contributed by atoms with E-state index in [2.05, 4.69) is 5.32 Å². The van der Waals surface area contributed by atoms with Crippen molar-refractivity contribution in [3.05, 3.63) is 35.4 Å². The summed E-state index contributed by atoms with van der Waals surface area (Å²) in [5.41, 5.74) is 0.442. The van der Waals surface area contributed by atoms with Crippen molar-refractivity contribution in [1.82, 2.24) is 5.32 Å². The molecule has 0 amide bonds. The van der Waals surface area contributed by atoms with Crippen LogP contribution in [0.2, 0.25) is 0 Å². The average molecular weight is 251 g/mol. The molecule has 1 nitrogen and oxygen atoms in total. The van der Waals surface area contributed by atoms with Gasteiger partial charge in [-0.3, -0.25) is 0 Å². The van der Waals surface area contributed by atoms with E-state index in [4.69, 9.17) is 0 Å². The van der Waals surface area contributed by atoms with Crippen LogP contribution in [0.4, 0.5) is 8.78 Å². The van der Waals surface area contributed by atoms with Gasteiger partial charge in [-0.1, -0.05) is 6.42 Å². The molecule has 0 aromatic heterocycles. The molecule has 0 saturated heterocycles. The van der Waals surface area contributed by atoms with Gasteiger partial charge in [-0.25, -0.2) is 8.78 Å². The monoisotopic (exact) mass is 251 g/mol. The number of hydrogen-bond acceptors (Lipinski definition) is 1. The SMILES string of the molecule is CC(NC1CC2CCC1C2)c1cc(F)ccc1F. The molecule has 3 rings (SSSR count). The van der Waals surface area contributed by atoms with Gasteiger partial charge in [-0.2, -0.15) is 0 Å². The summed E-state index contributed by atoms with van der Waals surface area (Å²) in [6, 6.07) is 4.05. The van der Waals surface area contributed by atoms with Crippen molar-refractivity contribution in [3.63, 3.8) is 0 Å². The number of benzene rings is 1. The Hall–Kier alpha value is -0.960. The van der Waals surface area contributed by atoms with Gasteiger partial charge < -0.3 is 5.32 Å². The minimum absolute atomic E-state index is 0.120. The lowest BCUT2D eigenvalue weighted by Crippen LogP contribution is -2.36. The third kappa shape index (κ3) is 2.16. The van der Waals surface area contributed by atoms with E-state index in [-0.39, 0.29) is 17.7 Å². The highest BCUT2D eigenvalue weighted by Crippen LogP contribution is 2.45. The molecule has 0 heterocycles. The van der Waals surface area contributed by atoms with Gasteiger partial charge in [-0.05, 0) is 56.2 Å². The van der Waals surface area contributed by atoms with E-state index in [1.54, 1.807) is 0 Å². The van der Waals surface area contributed by atoms with Crippen LogP contribution in [0.1, 0.15) is 44.2 Å². The Labute approximate surface area is 107 Å². The van der Waals surface area contributed by atoms with E-state index >= 15 is 0 Å². The van der Waals surface area contributed by atoms with Gasteiger partial charge in [0.2, 0.25) is 0 Å². The molecular weight excluding hydrogens is 232 g/mol. The molecule has 1 N–H and O–H groups in total. The zero-order valence-corrected chi connectivity index (χ0v) is 10.6. The summed E-state index contributed by atoms with van der Waals surface area (Å²) in [5, 5.41) is 3.49. The fourth-order valence-corrected chi connectivity index (χ4v) is 3.71. The fourth-order valence-electron chi connectivity index (χ4n) is 3.71. The van der Waals surface area contributed by atoms with Gasteiger partial charge in [-0.15, -0.1) is 0 Å². The molecule has 2 aliphatic rings. The molecule has 0 spiro atoms. The first kappa shape index (κ1) is 12.1. The number of fused-ring (bicyclic) bond motifs is 2. The molecule has 1 aromatic carbocycles. The summed E-state index contributed by atoms with van der Waals surface area (Å²) in [4.78, 5) is 0. The molecule has 2 bridgehead atoms. The molecule has 2 saturated carbocycles. The number of halogens is 2. The molecule has 4 unspecified atom stereocenters. The zero-order valence-electron chi connectivity index (χ0n) is 10.6. The normalized spacial score (nSPS) is 31.8. The van der Waals surface area contributed by atoms with Crippen LogP contribution in [0.25, 0.3) is 0 Å². The third-order valence-corrected chi connectivity index (χ3v) is 4.63. The summed E-state index contributed by atoms with van der Waals surface area (Å²) in [6.07, 6.45) is 5.16. The Morgan fingerprint density at radius 2 is 2.06 bits per heavy atom. The number of nitrogens with one attached hydrogen (secondary N) is 1. The maximum atomic E-state index is 13.7. The van der Waals surface area contributed by atoms with Gasteiger partial charge in [0, 0.05) is 17.6 Å². The van der Waals surface area contributed by atoms with Crippen molar-refractivity contribution in [2.45, 2.75) is 44.7 Å². The lowest BCUT2D eigenvalue weighted by molar-refractivity contribution is 0.323. The predicted molar refractivity (Wildman–Crippen MR) is 67.1 cm³/mol. The van der Waals surface area contributed by atoms with Gasteiger partial charge in [0.15, 0.2) is 0 Å². The minimum Gasteiger partial charge on any atom is -0.307 e. The van der Waals surface area contributed by atoms with Crippen LogP contribution in [0.5, 0.6) is 0 Å². The van der Waals surface area contributed by atoms with Gasteiger partial charge >= 0.3 is 0 Å². The highest BCUT2D eigenvalue weighted by Gasteiger charge is 2.39. The lowest BCUT2D eigenvalue weighted by atomic mass is 9.94. The van der Waals surface area contributed by atoms with Crippen LogP contribution in [0.3, 0.4) is 0 Å². The highest BCUT2D eigenvalue weighted by atomic mass is 19.1. The molecule has 4 atom stereocenters. The average Bonchev–Trinajstić information content (AvgIpc) is 2.94. The molecule has 2 fully saturated rings. The molecule has 1 aromatic rings. The van der Waals surface area contributed by atoms with Crippen LogP contribution in [-0.4, -0.2) is 6.04 Å².